The summed E-state index contributed by atoms with van der Waals surface area (Å²) in [4.78, 5) is 29.2. The van der Waals surface area contributed by atoms with Crippen LogP contribution in [0.4, 0.5) is 8.78 Å². The number of halogens is 3. The topological polar surface area (TPSA) is 105 Å². The summed E-state index contributed by atoms with van der Waals surface area (Å²) in [5, 5.41) is 14.5. The molecule has 1 fully saturated rings. The standard InChI is InChI=1S/C27H29ClF2N6O3S/c1-15(2)35-9-7-17(8-10-35)32-27(38)25-19-11-16(26(37)31-13-24(29)30)3-4-20(19)36(33-25)14-18-12-21(39-34-18)22-5-6-23(28)40-22/h3-6,11-12,15,17,24H,7-10,13-14H2,1-2H3,(H,31,37)(H,32,38). The van der Waals surface area contributed by atoms with Gasteiger partial charge in [-0.1, -0.05) is 16.8 Å². The summed E-state index contributed by atoms with van der Waals surface area (Å²) in [6.07, 6.45) is -1.03. The highest BCUT2D eigenvalue weighted by Gasteiger charge is 2.26. The summed E-state index contributed by atoms with van der Waals surface area (Å²) in [6.45, 7) is 5.52. The maximum atomic E-state index is 13.5. The van der Waals surface area contributed by atoms with Crippen molar-refractivity contribution in [1.29, 1.82) is 0 Å². The molecule has 2 N–H and O–H groups in total. The molecule has 1 aliphatic rings. The van der Waals surface area contributed by atoms with E-state index in [4.69, 9.17) is 16.1 Å². The number of carbonyl (C=O) groups excluding carboxylic acids is 2. The number of aromatic nitrogens is 3. The molecule has 0 saturated carbocycles. The van der Waals surface area contributed by atoms with Crippen molar-refractivity contribution in [2.24, 2.45) is 0 Å². The molecule has 0 spiro atoms. The Kier molecular flexibility index (Phi) is 8.48. The number of fused-ring (bicyclic) bond motifs is 1. The molecule has 9 nitrogen and oxygen atoms in total. The van der Waals surface area contributed by atoms with Crippen molar-refractivity contribution in [2.75, 3.05) is 19.6 Å². The molecule has 0 aliphatic carbocycles. The molecule has 1 aliphatic heterocycles. The van der Waals surface area contributed by atoms with E-state index in [2.05, 4.69) is 39.6 Å². The predicted octanol–water partition coefficient (Wildman–Crippen LogP) is 5.05. The van der Waals surface area contributed by atoms with E-state index in [0.717, 1.165) is 30.8 Å². The van der Waals surface area contributed by atoms with Gasteiger partial charge in [-0.15, -0.1) is 11.3 Å². The first-order valence-corrected chi connectivity index (χ1v) is 14.2. The molecule has 13 heteroatoms. The number of amides is 2. The zero-order chi connectivity index (χ0) is 28.4. The molecule has 212 valence electrons. The van der Waals surface area contributed by atoms with Gasteiger partial charge in [-0.05, 0) is 57.0 Å². The summed E-state index contributed by atoms with van der Waals surface area (Å²) in [6, 6.07) is 10.5. The number of hydrogen-bond donors (Lipinski definition) is 2. The highest BCUT2D eigenvalue weighted by atomic mass is 35.5. The lowest BCUT2D eigenvalue weighted by Gasteiger charge is -2.34. The molecule has 5 rings (SSSR count). The molecule has 3 aromatic heterocycles. The van der Waals surface area contributed by atoms with E-state index < -0.39 is 18.9 Å². The smallest absolute Gasteiger partial charge is 0.272 e. The van der Waals surface area contributed by atoms with Gasteiger partial charge in [0.15, 0.2) is 11.5 Å². The minimum absolute atomic E-state index is 0.00376. The second kappa shape index (κ2) is 12.0. The van der Waals surface area contributed by atoms with Gasteiger partial charge in [0.2, 0.25) is 0 Å². The van der Waals surface area contributed by atoms with Crippen LogP contribution >= 0.6 is 22.9 Å². The van der Waals surface area contributed by atoms with E-state index in [-0.39, 0.29) is 29.8 Å². The molecule has 0 bridgehead atoms. The van der Waals surface area contributed by atoms with Crippen LogP contribution in [0, 0.1) is 0 Å². The van der Waals surface area contributed by atoms with Gasteiger partial charge in [0, 0.05) is 42.2 Å². The van der Waals surface area contributed by atoms with Crippen LogP contribution in [0.15, 0.2) is 40.9 Å². The molecule has 0 atom stereocenters. The van der Waals surface area contributed by atoms with Crippen LogP contribution in [0.3, 0.4) is 0 Å². The minimum atomic E-state index is -2.67. The number of hydrogen-bond acceptors (Lipinski definition) is 7. The number of benzene rings is 1. The van der Waals surface area contributed by atoms with E-state index >= 15 is 0 Å². The molecule has 1 aromatic carbocycles. The Morgan fingerprint density at radius 1 is 1.15 bits per heavy atom. The summed E-state index contributed by atoms with van der Waals surface area (Å²) in [5.41, 5.74) is 1.48. The lowest BCUT2D eigenvalue weighted by Crippen LogP contribution is -2.46. The van der Waals surface area contributed by atoms with Crippen molar-refractivity contribution in [3.05, 3.63) is 57.7 Å². The first-order valence-electron chi connectivity index (χ1n) is 13.0. The Hall–Kier alpha value is -3.35. The third-order valence-electron chi connectivity index (χ3n) is 6.93. The van der Waals surface area contributed by atoms with E-state index in [1.54, 1.807) is 22.9 Å². The number of nitrogens with zero attached hydrogens (tertiary/aromatic N) is 4. The van der Waals surface area contributed by atoms with Crippen molar-refractivity contribution in [2.45, 2.75) is 51.7 Å². The van der Waals surface area contributed by atoms with E-state index in [1.165, 1.54) is 23.5 Å². The maximum Gasteiger partial charge on any atom is 0.272 e. The Bertz CT molecular complexity index is 1510. The van der Waals surface area contributed by atoms with Crippen LogP contribution < -0.4 is 10.6 Å². The third kappa shape index (κ3) is 6.34. The number of nitrogens with one attached hydrogen (secondary N) is 2. The van der Waals surface area contributed by atoms with Crippen LogP contribution in [0.25, 0.3) is 21.5 Å². The van der Waals surface area contributed by atoms with Crippen molar-refractivity contribution in [1.82, 2.24) is 30.5 Å². The van der Waals surface area contributed by atoms with Crippen LogP contribution in [0.2, 0.25) is 4.34 Å². The highest BCUT2D eigenvalue weighted by molar-refractivity contribution is 7.19. The van der Waals surface area contributed by atoms with Gasteiger partial charge < -0.3 is 20.1 Å². The summed E-state index contributed by atoms with van der Waals surface area (Å²) >= 11 is 7.41. The van der Waals surface area contributed by atoms with Gasteiger partial charge in [-0.25, -0.2) is 8.78 Å². The zero-order valence-corrected chi connectivity index (χ0v) is 23.6. The van der Waals surface area contributed by atoms with Gasteiger partial charge in [-0.2, -0.15) is 5.10 Å². The van der Waals surface area contributed by atoms with Crippen LogP contribution in [-0.2, 0) is 6.54 Å². The fourth-order valence-corrected chi connectivity index (χ4v) is 5.79. The Balaban J connectivity index is 1.42. The first kappa shape index (κ1) is 28.2. The highest BCUT2D eigenvalue weighted by Crippen LogP contribution is 2.32. The molecule has 2 amide bonds. The van der Waals surface area contributed by atoms with Crippen molar-refractivity contribution in [3.63, 3.8) is 0 Å². The number of rotatable bonds is 9. The molecule has 0 unspecified atom stereocenters. The third-order valence-corrected chi connectivity index (χ3v) is 8.17. The predicted molar refractivity (Wildman–Crippen MR) is 149 cm³/mol. The second-order valence-electron chi connectivity index (χ2n) is 10.0. The van der Waals surface area contributed by atoms with Gasteiger partial charge in [0.05, 0.1) is 27.8 Å². The van der Waals surface area contributed by atoms with Crippen LogP contribution in [0.5, 0.6) is 0 Å². The molecular formula is C27H29ClF2N6O3S. The second-order valence-corrected chi connectivity index (χ2v) is 11.7. The number of carbonyl (C=O) groups is 2. The lowest BCUT2D eigenvalue weighted by atomic mass is 10.0. The van der Waals surface area contributed by atoms with Gasteiger partial charge in [0.1, 0.15) is 5.69 Å². The van der Waals surface area contributed by atoms with Crippen molar-refractivity contribution in [3.8, 4) is 10.6 Å². The number of likely N-dealkylation sites (tertiary alicyclic amines) is 1. The zero-order valence-electron chi connectivity index (χ0n) is 22.0. The normalized spacial score (nSPS) is 14.9. The average Bonchev–Trinajstić information content (AvgIpc) is 3.66. The largest absolute Gasteiger partial charge is 0.355 e. The molecule has 4 heterocycles. The maximum absolute atomic E-state index is 13.5. The number of alkyl halides is 2. The molecule has 1 saturated heterocycles. The van der Waals surface area contributed by atoms with E-state index in [0.29, 0.717) is 32.7 Å². The van der Waals surface area contributed by atoms with Gasteiger partial charge in [0.25, 0.3) is 18.2 Å². The van der Waals surface area contributed by atoms with E-state index in [9.17, 15) is 18.4 Å². The summed E-state index contributed by atoms with van der Waals surface area (Å²) in [7, 11) is 0. The quantitative estimate of drug-likeness (QED) is 0.283. The monoisotopic (exact) mass is 590 g/mol. The summed E-state index contributed by atoms with van der Waals surface area (Å²) < 4.78 is 33.0. The number of thiophene rings is 1. The van der Waals surface area contributed by atoms with Gasteiger partial charge in [-0.3, -0.25) is 14.3 Å². The SMILES string of the molecule is CC(C)N1CCC(NC(=O)c2nn(Cc3cc(-c4ccc(Cl)s4)on3)c3ccc(C(=O)NCC(F)F)cc23)CC1. The molecular weight excluding hydrogens is 562 g/mol. The fraction of sp³-hybridized carbons (Fsp3) is 0.407. The lowest BCUT2D eigenvalue weighted by molar-refractivity contribution is 0.0886. The Labute approximate surface area is 238 Å². The Morgan fingerprint density at radius 3 is 2.60 bits per heavy atom. The minimum Gasteiger partial charge on any atom is -0.355 e. The fourth-order valence-electron chi connectivity index (χ4n) is 4.80. The molecule has 4 aromatic rings. The Morgan fingerprint density at radius 2 is 1.93 bits per heavy atom. The van der Waals surface area contributed by atoms with Crippen molar-refractivity contribution < 1.29 is 22.9 Å². The first-order chi connectivity index (χ1) is 19.2. The number of piperidine rings is 1. The average molecular weight is 591 g/mol. The summed E-state index contributed by atoms with van der Waals surface area (Å²) in [5.74, 6) is -0.448. The van der Waals surface area contributed by atoms with Crippen molar-refractivity contribution >= 4 is 45.7 Å². The van der Waals surface area contributed by atoms with Gasteiger partial charge >= 0.3 is 0 Å². The molecule has 40 heavy (non-hydrogen) atoms. The van der Waals surface area contributed by atoms with E-state index in [1.807, 2.05) is 6.07 Å². The van der Waals surface area contributed by atoms with Crippen LogP contribution in [-0.4, -0.2) is 69.8 Å². The van der Waals surface area contributed by atoms with Crippen LogP contribution in [0.1, 0.15) is 53.2 Å². The molecule has 0 radical (unpaired) electrons.